The van der Waals surface area contributed by atoms with Crippen molar-refractivity contribution < 1.29 is 9.59 Å². The van der Waals surface area contributed by atoms with E-state index in [0.717, 1.165) is 9.90 Å². The summed E-state index contributed by atoms with van der Waals surface area (Å²) >= 11 is 8.39. The van der Waals surface area contributed by atoms with Gasteiger partial charge in [-0.05, 0) is 19.1 Å². The fourth-order valence-electron chi connectivity index (χ4n) is 1.40. The average Bonchev–Trinajstić information content (AvgIpc) is 2.76. The van der Waals surface area contributed by atoms with Crippen molar-refractivity contribution in [3.8, 4) is 0 Å². The summed E-state index contributed by atoms with van der Waals surface area (Å²) in [6.07, 6.45) is 1.46. The maximum atomic E-state index is 12.0. The molecule has 0 aliphatic rings. The number of carbonyl (C=O) groups is 2. The van der Waals surface area contributed by atoms with Gasteiger partial charge in [0.2, 0.25) is 5.91 Å². The van der Waals surface area contributed by atoms with E-state index in [1.165, 1.54) is 35.4 Å². The molecule has 2 rings (SSSR count). The molecule has 0 bridgehead atoms. The summed E-state index contributed by atoms with van der Waals surface area (Å²) in [7, 11) is 0. The van der Waals surface area contributed by atoms with Crippen LogP contribution in [0.25, 0.3) is 0 Å². The van der Waals surface area contributed by atoms with E-state index in [1.54, 1.807) is 13.0 Å². The first-order valence-corrected chi connectivity index (χ1v) is 7.95. The summed E-state index contributed by atoms with van der Waals surface area (Å²) in [5.41, 5.74) is 6.05. The molecule has 2 aromatic rings. The number of aromatic nitrogens is 2. The van der Waals surface area contributed by atoms with E-state index in [2.05, 4.69) is 15.3 Å². The van der Waals surface area contributed by atoms with Crippen LogP contribution >= 0.6 is 34.7 Å². The number of halogens is 1. The summed E-state index contributed by atoms with van der Waals surface area (Å²) in [5.74, 6) is -0.620. The molecule has 3 N–H and O–H groups in total. The van der Waals surface area contributed by atoms with Crippen LogP contribution in [0.4, 0.5) is 5.13 Å². The Bertz CT molecular complexity index is 690. The Labute approximate surface area is 134 Å². The van der Waals surface area contributed by atoms with Gasteiger partial charge in [0.25, 0.3) is 5.91 Å². The number of anilines is 1. The number of thioether (sulfide) groups is 1. The average molecular weight is 343 g/mol. The number of hydrogen-bond acceptors (Lipinski definition) is 6. The van der Waals surface area contributed by atoms with Crippen LogP contribution in [-0.4, -0.2) is 27.5 Å². The lowest BCUT2D eigenvalue weighted by Gasteiger charge is -2.00. The molecule has 0 fully saturated rings. The van der Waals surface area contributed by atoms with Crippen LogP contribution in [0, 0.1) is 6.92 Å². The van der Waals surface area contributed by atoms with Crippen LogP contribution in [0.2, 0.25) is 5.02 Å². The number of nitrogens with zero attached hydrogens (tertiary/aromatic N) is 2. The molecular formula is C12H11ClN4O2S2. The van der Waals surface area contributed by atoms with Gasteiger partial charge in [0.1, 0.15) is 5.69 Å². The van der Waals surface area contributed by atoms with Gasteiger partial charge < -0.3 is 5.73 Å². The van der Waals surface area contributed by atoms with Gasteiger partial charge in [0.15, 0.2) is 5.13 Å². The van der Waals surface area contributed by atoms with Crippen LogP contribution in [-0.2, 0) is 4.79 Å². The van der Waals surface area contributed by atoms with Crippen molar-refractivity contribution in [1.82, 2.24) is 9.97 Å². The van der Waals surface area contributed by atoms with Crippen molar-refractivity contribution in [3.63, 3.8) is 0 Å². The second kappa shape index (κ2) is 6.88. The van der Waals surface area contributed by atoms with Crippen LogP contribution < -0.4 is 11.1 Å². The normalized spacial score (nSPS) is 10.4. The molecule has 0 saturated heterocycles. The molecule has 2 aromatic heterocycles. The van der Waals surface area contributed by atoms with E-state index in [4.69, 9.17) is 17.3 Å². The summed E-state index contributed by atoms with van der Waals surface area (Å²) in [4.78, 5) is 31.0. The van der Waals surface area contributed by atoms with Crippen molar-refractivity contribution in [1.29, 1.82) is 0 Å². The minimum atomic E-state index is -0.401. The molecule has 0 radical (unpaired) electrons. The predicted octanol–water partition coefficient (Wildman–Crippen LogP) is 2.33. The Balaban J connectivity index is 2.08. The number of amides is 2. The zero-order chi connectivity index (χ0) is 15.4. The topological polar surface area (TPSA) is 98.0 Å². The van der Waals surface area contributed by atoms with Crippen molar-refractivity contribution in [3.05, 3.63) is 34.7 Å². The molecule has 0 aromatic carbocycles. The van der Waals surface area contributed by atoms with Crippen molar-refractivity contribution in [2.75, 3.05) is 11.1 Å². The zero-order valence-corrected chi connectivity index (χ0v) is 13.3. The fraction of sp³-hybridized carbons (Fsp3) is 0.167. The Morgan fingerprint density at radius 2 is 2.29 bits per heavy atom. The first kappa shape index (κ1) is 15.7. The smallest absolute Gasteiger partial charge is 0.276 e. The van der Waals surface area contributed by atoms with E-state index in [-0.39, 0.29) is 11.4 Å². The van der Waals surface area contributed by atoms with Gasteiger partial charge in [0, 0.05) is 11.2 Å². The zero-order valence-electron chi connectivity index (χ0n) is 10.9. The maximum Gasteiger partial charge on any atom is 0.276 e. The number of primary amides is 1. The van der Waals surface area contributed by atoms with E-state index in [0.29, 0.717) is 10.2 Å². The molecule has 2 amide bonds. The van der Waals surface area contributed by atoms with Gasteiger partial charge >= 0.3 is 0 Å². The largest absolute Gasteiger partial charge is 0.369 e. The van der Waals surface area contributed by atoms with Gasteiger partial charge in [-0.15, -0.1) is 11.8 Å². The number of aryl methyl sites for hydroxylation is 1. The number of carbonyl (C=O) groups excluding carboxylic acids is 2. The summed E-state index contributed by atoms with van der Waals surface area (Å²) in [6.45, 7) is 1.80. The molecule has 110 valence electrons. The first-order valence-electron chi connectivity index (χ1n) is 5.77. The van der Waals surface area contributed by atoms with Gasteiger partial charge in [0.05, 0.1) is 15.7 Å². The first-order chi connectivity index (χ1) is 9.95. The van der Waals surface area contributed by atoms with Crippen LogP contribution in [0.5, 0.6) is 0 Å². The molecule has 0 unspecified atom stereocenters. The number of rotatable bonds is 5. The number of nitrogens with one attached hydrogen (secondary N) is 1. The molecule has 2 heterocycles. The second-order valence-electron chi connectivity index (χ2n) is 3.96. The van der Waals surface area contributed by atoms with Crippen molar-refractivity contribution in [2.24, 2.45) is 5.73 Å². The number of pyridine rings is 1. The Hall–Kier alpha value is -1.64. The number of hydrogen-bond donors (Lipinski definition) is 2. The molecule has 9 heteroatoms. The molecule has 0 saturated carbocycles. The number of thiazole rings is 1. The highest BCUT2D eigenvalue weighted by atomic mass is 35.5. The van der Waals surface area contributed by atoms with Gasteiger partial charge in [-0.2, -0.15) is 0 Å². The highest BCUT2D eigenvalue weighted by molar-refractivity contribution is 8.01. The molecule has 0 aliphatic carbocycles. The molecule has 0 atom stereocenters. The standard InChI is InChI=1S/C12H11ClN4O2S2/c1-6-11(20-5-9(14)18)21-12(16-6)17-10(19)8-4-7(13)2-3-15-8/h2-4H,5H2,1H3,(H2,14,18)(H,16,17,19). The van der Waals surface area contributed by atoms with Crippen molar-refractivity contribution >= 4 is 51.6 Å². The lowest BCUT2D eigenvalue weighted by molar-refractivity contribution is -0.115. The molecular weight excluding hydrogens is 332 g/mol. The minimum absolute atomic E-state index is 0.173. The van der Waals surface area contributed by atoms with Crippen LogP contribution in [0.1, 0.15) is 16.2 Å². The summed E-state index contributed by atoms with van der Waals surface area (Å²) in [6, 6.07) is 3.06. The van der Waals surface area contributed by atoms with E-state index in [9.17, 15) is 9.59 Å². The van der Waals surface area contributed by atoms with E-state index >= 15 is 0 Å². The van der Waals surface area contributed by atoms with E-state index < -0.39 is 11.8 Å². The fourth-order valence-corrected chi connectivity index (χ4v) is 3.43. The molecule has 21 heavy (non-hydrogen) atoms. The molecule has 6 nitrogen and oxygen atoms in total. The Morgan fingerprint density at radius 1 is 1.52 bits per heavy atom. The van der Waals surface area contributed by atoms with Crippen molar-refractivity contribution in [2.45, 2.75) is 11.1 Å². The highest BCUT2D eigenvalue weighted by Gasteiger charge is 2.14. The quantitative estimate of drug-likeness (QED) is 0.812. The maximum absolute atomic E-state index is 12.0. The third kappa shape index (κ3) is 4.42. The molecule has 0 aliphatic heterocycles. The Kier molecular flexibility index (Phi) is 5.16. The van der Waals surface area contributed by atoms with Gasteiger partial charge in [-0.25, -0.2) is 4.98 Å². The predicted molar refractivity (Wildman–Crippen MR) is 84.0 cm³/mol. The minimum Gasteiger partial charge on any atom is -0.369 e. The van der Waals surface area contributed by atoms with Gasteiger partial charge in [-0.1, -0.05) is 22.9 Å². The van der Waals surface area contributed by atoms with E-state index in [1.807, 2.05) is 0 Å². The summed E-state index contributed by atoms with van der Waals surface area (Å²) in [5, 5.41) is 3.52. The SMILES string of the molecule is Cc1nc(NC(=O)c2cc(Cl)ccn2)sc1SCC(N)=O. The third-order valence-corrected chi connectivity index (χ3v) is 4.97. The van der Waals surface area contributed by atoms with Crippen LogP contribution in [0.3, 0.4) is 0 Å². The summed E-state index contributed by atoms with van der Waals surface area (Å²) < 4.78 is 0.836. The highest BCUT2D eigenvalue weighted by Crippen LogP contribution is 2.32. The molecule has 0 spiro atoms. The second-order valence-corrected chi connectivity index (χ2v) is 6.64. The Morgan fingerprint density at radius 3 is 2.95 bits per heavy atom. The monoisotopic (exact) mass is 342 g/mol. The van der Waals surface area contributed by atoms with Gasteiger partial charge in [-0.3, -0.25) is 19.9 Å². The third-order valence-electron chi connectivity index (χ3n) is 2.27. The lowest BCUT2D eigenvalue weighted by Crippen LogP contribution is -2.13. The lowest BCUT2D eigenvalue weighted by atomic mass is 10.3. The number of nitrogens with two attached hydrogens (primary N) is 1. The van der Waals surface area contributed by atoms with Crippen LogP contribution in [0.15, 0.2) is 22.5 Å².